The highest BCUT2D eigenvalue weighted by atomic mass is 35.5. The quantitative estimate of drug-likeness (QED) is 0.523. The van der Waals surface area contributed by atoms with Gasteiger partial charge in [-0.3, -0.25) is 0 Å². The van der Waals surface area contributed by atoms with Crippen LogP contribution in [0.15, 0.2) is 17.0 Å². The van der Waals surface area contributed by atoms with Gasteiger partial charge in [0.2, 0.25) is 0 Å². The molecule has 0 amide bonds. The Hall–Kier alpha value is -0.210. The summed E-state index contributed by atoms with van der Waals surface area (Å²) in [5.74, 6) is 0. The number of aromatic nitrogens is 1. The van der Waals surface area contributed by atoms with Gasteiger partial charge in [0, 0.05) is 16.0 Å². The van der Waals surface area contributed by atoms with Crippen molar-refractivity contribution in [3.8, 4) is 0 Å². The first-order valence-corrected chi connectivity index (χ1v) is 5.76. The fourth-order valence-corrected chi connectivity index (χ4v) is 1.80. The van der Waals surface area contributed by atoms with Gasteiger partial charge in [0.25, 0.3) is 0 Å². The van der Waals surface area contributed by atoms with Crippen LogP contribution in [-0.2, 0) is 5.41 Å². The first-order valence-electron chi connectivity index (χ1n) is 4.16. The van der Waals surface area contributed by atoms with E-state index in [2.05, 4.69) is 25.8 Å². The zero-order valence-corrected chi connectivity index (χ0v) is 9.96. The zero-order chi connectivity index (χ0) is 10.1. The van der Waals surface area contributed by atoms with Crippen LogP contribution >= 0.6 is 23.4 Å². The molecule has 0 aromatic carbocycles. The van der Waals surface area contributed by atoms with Gasteiger partial charge in [-0.2, -0.15) is 0 Å². The highest BCUT2D eigenvalue weighted by Crippen LogP contribution is 2.27. The third-order valence-electron chi connectivity index (χ3n) is 1.80. The third kappa shape index (κ3) is 2.61. The number of hydrogen-bond acceptors (Lipinski definition) is 2. The predicted molar refractivity (Wildman–Crippen MR) is 59.7 cm³/mol. The number of hydrogen-bond donors (Lipinski definition) is 0. The van der Waals surface area contributed by atoms with Gasteiger partial charge in [-0.25, -0.2) is 4.98 Å². The molecule has 0 aliphatic rings. The van der Waals surface area contributed by atoms with Crippen molar-refractivity contribution < 1.29 is 0 Å². The van der Waals surface area contributed by atoms with Crippen molar-refractivity contribution in [1.82, 2.24) is 4.98 Å². The van der Waals surface area contributed by atoms with Crippen molar-refractivity contribution in [3.05, 3.63) is 23.0 Å². The van der Waals surface area contributed by atoms with Crippen LogP contribution in [0.1, 0.15) is 26.5 Å². The molecule has 0 radical (unpaired) electrons. The fraction of sp³-hybridized carbons (Fsp3) is 0.500. The lowest BCUT2D eigenvalue weighted by Gasteiger charge is -2.18. The molecule has 3 heteroatoms. The van der Waals surface area contributed by atoms with E-state index in [9.17, 15) is 0 Å². The zero-order valence-electron chi connectivity index (χ0n) is 8.39. The van der Waals surface area contributed by atoms with Crippen LogP contribution in [0.4, 0.5) is 0 Å². The molecule has 0 bridgehead atoms. The molecule has 13 heavy (non-hydrogen) atoms. The SMILES string of the molecule is CSc1ccc(C(C)(C)C)nc1Cl. The topological polar surface area (TPSA) is 12.9 Å². The van der Waals surface area contributed by atoms with Crippen LogP contribution in [0.2, 0.25) is 5.15 Å². The molecule has 0 unspecified atom stereocenters. The smallest absolute Gasteiger partial charge is 0.142 e. The highest BCUT2D eigenvalue weighted by molar-refractivity contribution is 7.98. The molecule has 0 aliphatic heterocycles. The van der Waals surface area contributed by atoms with Crippen LogP contribution in [0.25, 0.3) is 0 Å². The molecule has 0 atom stereocenters. The summed E-state index contributed by atoms with van der Waals surface area (Å²) in [5, 5.41) is 0.611. The van der Waals surface area contributed by atoms with Crippen molar-refractivity contribution in [2.24, 2.45) is 0 Å². The molecule has 1 heterocycles. The first-order chi connectivity index (χ1) is 5.95. The molecular weight excluding hydrogens is 202 g/mol. The molecular formula is C10H14ClNS. The van der Waals surface area contributed by atoms with Crippen molar-refractivity contribution in [2.45, 2.75) is 31.1 Å². The van der Waals surface area contributed by atoms with Crippen molar-refractivity contribution >= 4 is 23.4 Å². The minimum absolute atomic E-state index is 0.0700. The van der Waals surface area contributed by atoms with Crippen LogP contribution in [0.5, 0.6) is 0 Å². The summed E-state index contributed by atoms with van der Waals surface area (Å²) in [6, 6.07) is 4.07. The molecule has 0 saturated heterocycles. The Morgan fingerprint density at radius 3 is 2.31 bits per heavy atom. The number of pyridine rings is 1. The summed E-state index contributed by atoms with van der Waals surface area (Å²) >= 11 is 7.62. The van der Waals surface area contributed by atoms with Gasteiger partial charge in [0.05, 0.1) is 0 Å². The second-order valence-electron chi connectivity index (χ2n) is 3.94. The monoisotopic (exact) mass is 215 g/mol. The Kier molecular flexibility index (Phi) is 3.25. The largest absolute Gasteiger partial charge is 0.239 e. The van der Waals surface area contributed by atoms with Gasteiger partial charge >= 0.3 is 0 Å². The van der Waals surface area contributed by atoms with E-state index in [-0.39, 0.29) is 5.41 Å². The summed E-state index contributed by atoms with van der Waals surface area (Å²) in [4.78, 5) is 5.40. The summed E-state index contributed by atoms with van der Waals surface area (Å²) < 4.78 is 0. The van der Waals surface area contributed by atoms with Gasteiger partial charge in [-0.15, -0.1) is 11.8 Å². The fourth-order valence-electron chi connectivity index (χ4n) is 0.991. The number of nitrogens with zero attached hydrogens (tertiary/aromatic N) is 1. The maximum absolute atomic E-state index is 6.00. The molecule has 1 aromatic rings. The molecule has 0 spiro atoms. The molecule has 1 rings (SSSR count). The average molecular weight is 216 g/mol. The summed E-state index contributed by atoms with van der Waals surface area (Å²) in [6.45, 7) is 6.39. The standard InChI is InChI=1S/C10H14ClNS/c1-10(2,3)8-6-5-7(13-4)9(11)12-8/h5-6H,1-4H3. The van der Waals surface area contributed by atoms with E-state index in [4.69, 9.17) is 11.6 Å². The third-order valence-corrected chi connectivity index (χ3v) is 2.97. The number of halogens is 1. The maximum atomic E-state index is 6.00. The predicted octanol–water partition coefficient (Wildman–Crippen LogP) is 3.75. The van der Waals surface area contributed by atoms with Gasteiger partial charge in [-0.1, -0.05) is 32.4 Å². The minimum Gasteiger partial charge on any atom is -0.239 e. The van der Waals surface area contributed by atoms with Crippen LogP contribution in [0, 0.1) is 0 Å². The van der Waals surface area contributed by atoms with Crippen LogP contribution in [0.3, 0.4) is 0 Å². The number of rotatable bonds is 1. The lowest BCUT2D eigenvalue weighted by molar-refractivity contribution is 0.568. The summed E-state index contributed by atoms with van der Waals surface area (Å²) in [5.41, 5.74) is 1.11. The maximum Gasteiger partial charge on any atom is 0.142 e. The highest BCUT2D eigenvalue weighted by Gasteiger charge is 2.16. The Balaban J connectivity index is 3.10. The van der Waals surface area contributed by atoms with Crippen molar-refractivity contribution in [2.75, 3.05) is 6.26 Å². The average Bonchev–Trinajstić information content (AvgIpc) is 2.02. The second-order valence-corrected chi connectivity index (χ2v) is 5.15. The normalized spacial score (nSPS) is 11.8. The van der Waals surface area contributed by atoms with E-state index >= 15 is 0 Å². The van der Waals surface area contributed by atoms with E-state index in [0.29, 0.717) is 5.15 Å². The van der Waals surface area contributed by atoms with E-state index in [0.717, 1.165) is 10.6 Å². The Morgan fingerprint density at radius 2 is 1.92 bits per heavy atom. The van der Waals surface area contributed by atoms with Gasteiger partial charge < -0.3 is 0 Å². The number of thioether (sulfide) groups is 1. The lowest BCUT2D eigenvalue weighted by Crippen LogP contribution is -2.13. The second kappa shape index (κ2) is 3.89. The summed E-state index contributed by atoms with van der Waals surface area (Å²) in [6.07, 6.45) is 2.00. The summed E-state index contributed by atoms with van der Waals surface area (Å²) in [7, 11) is 0. The molecule has 0 aliphatic carbocycles. The molecule has 0 N–H and O–H groups in total. The van der Waals surface area contributed by atoms with Gasteiger partial charge in [0.15, 0.2) is 0 Å². The van der Waals surface area contributed by atoms with Crippen LogP contribution in [-0.4, -0.2) is 11.2 Å². The molecule has 0 fully saturated rings. The molecule has 1 nitrogen and oxygen atoms in total. The molecule has 72 valence electrons. The minimum atomic E-state index is 0.0700. The van der Waals surface area contributed by atoms with E-state index in [1.165, 1.54) is 0 Å². The Morgan fingerprint density at radius 1 is 1.31 bits per heavy atom. The Labute approximate surface area is 88.9 Å². The molecule has 1 aromatic heterocycles. The molecule has 0 saturated carbocycles. The Bertz CT molecular complexity index is 304. The van der Waals surface area contributed by atoms with Crippen molar-refractivity contribution in [3.63, 3.8) is 0 Å². The van der Waals surface area contributed by atoms with E-state index in [1.807, 2.05) is 18.4 Å². The van der Waals surface area contributed by atoms with E-state index < -0.39 is 0 Å². The van der Waals surface area contributed by atoms with Gasteiger partial charge in [-0.05, 0) is 18.4 Å². The van der Waals surface area contributed by atoms with Gasteiger partial charge in [0.1, 0.15) is 5.15 Å². The van der Waals surface area contributed by atoms with E-state index in [1.54, 1.807) is 11.8 Å². The van der Waals surface area contributed by atoms with Crippen LogP contribution < -0.4 is 0 Å². The van der Waals surface area contributed by atoms with Crippen molar-refractivity contribution in [1.29, 1.82) is 0 Å². The first kappa shape index (κ1) is 10.9. The lowest BCUT2D eigenvalue weighted by atomic mass is 9.92.